The SMILES string of the molecule is CCc1ccc(CNCC(C)(CC)CO)s1. The van der Waals surface area contributed by atoms with Crippen LogP contribution in [0, 0.1) is 5.41 Å². The van der Waals surface area contributed by atoms with Crippen LogP contribution in [0.1, 0.15) is 36.9 Å². The maximum Gasteiger partial charge on any atom is 0.0496 e. The van der Waals surface area contributed by atoms with Crippen LogP contribution in [0.3, 0.4) is 0 Å². The molecule has 1 heterocycles. The molecule has 0 aliphatic heterocycles. The maximum absolute atomic E-state index is 9.29. The van der Waals surface area contributed by atoms with Gasteiger partial charge in [0, 0.05) is 34.9 Å². The molecular weight excluding hydrogens is 218 g/mol. The largest absolute Gasteiger partial charge is 0.396 e. The minimum absolute atomic E-state index is 0.0187. The summed E-state index contributed by atoms with van der Waals surface area (Å²) in [5.41, 5.74) is 0.0187. The fourth-order valence-corrected chi connectivity index (χ4v) is 2.42. The second kappa shape index (κ2) is 6.38. The Kier molecular flexibility index (Phi) is 5.46. The molecule has 1 aromatic heterocycles. The van der Waals surface area contributed by atoms with Crippen LogP contribution >= 0.6 is 11.3 Å². The van der Waals surface area contributed by atoms with Crippen molar-refractivity contribution in [2.75, 3.05) is 13.2 Å². The van der Waals surface area contributed by atoms with Gasteiger partial charge in [-0.05, 0) is 25.0 Å². The van der Waals surface area contributed by atoms with Crippen LogP contribution in [0.5, 0.6) is 0 Å². The zero-order valence-electron chi connectivity index (χ0n) is 10.5. The molecule has 2 nitrogen and oxygen atoms in total. The monoisotopic (exact) mass is 241 g/mol. The van der Waals surface area contributed by atoms with Crippen LogP contribution in [0.4, 0.5) is 0 Å². The number of aliphatic hydroxyl groups is 1. The third-order valence-corrected chi connectivity index (χ3v) is 4.38. The highest BCUT2D eigenvalue weighted by Crippen LogP contribution is 2.20. The Balaban J connectivity index is 2.35. The average Bonchev–Trinajstić information content (AvgIpc) is 2.77. The first-order chi connectivity index (χ1) is 7.63. The summed E-state index contributed by atoms with van der Waals surface area (Å²) in [6.45, 7) is 8.47. The summed E-state index contributed by atoms with van der Waals surface area (Å²) in [5.74, 6) is 0. The van der Waals surface area contributed by atoms with Crippen molar-refractivity contribution in [3.05, 3.63) is 21.9 Å². The van der Waals surface area contributed by atoms with Gasteiger partial charge in [-0.2, -0.15) is 0 Å². The second-order valence-electron chi connectivity index (χ2n) is 4.65. The Bertz CT molecular complexity index is 305. The molecule has 0 saturated heterocycles. The molecule has 1 aromatic rings. The van der Waals surface area contributed by atoms with Crippen LogP contribution in [-0.2, 0) is 13.0 Å². The van der Waals surface area contributed by atoms with Crippen molar-refractivity contribution >= 4 is 11.3 Å². The molecule has 0 radical (unpaired) electrons. The number of aryl methyl sites for hydroxylation is 1. The predicted molar refractivity (Wildman–Crippen MR) is 70.9 cm³/mol. The molecule has 0 aromatic carbocycles. The van der Waals surface area contributed by atoms with Gasteiger partial charge >= 0.3 is 0 Å². The van der Waals surface area contributed by atoms with E-state index in [0.717, 1.165) is 25.9 Å². The van der Waals surface area contributed by atoms with E-state index >= 15 is 0 Å². The van der Waals surface area contributed by atoms with E-state index in [1.807, 2.05) is 11.3 Å². The molecule has 2 N–H and O–H groups in total. The summed E-state index contributed by atoms with van der Waals surface area (Å²) in [4.78, 5) is 2.82. The molecule has 92 valence electrons. The van der Waals surface area contributed by atoms with E-state index in [9.17, 15) is 5.11 Å². The molecule has 1 unspecified atom stereocenters. The van der Waals surface area contributed by atoms with E-state index in [0.29, 0.717) is 0 Å². The summed E-state index contributed by atoms with van der Waals surface area (Å²) < 4.78 is 0. The van der Waals surface area contributed by atoms with E-state index in [1.165, 1.54) is 9.75 Å². The fraction of sp³-hybridized carbons (Fsp3) is 0.692. The van der Waals surface area contributed by atoms with Crippen molar-refractivity contribution < 1.29 is 5.11 Å². The molecule has 3 heteroatoms. The lowest BCUT2D eigenvalue weighted by Gasteiger charge is -2.25. The molecule has 0 fully saturated rings. The summed E-state index contributed by atoms with van der Waals surface area (Å²) in [6, 6.07) is 4.39. The average molecular weight is 241 g/mol. The normalized spacial score (nSPS) is 15.0. The first-order valence-electron chi connectivity index (χ1n) is 6.02. The zero-order valence-corrected chi connectivity index (χ0v) is 11.4. The third kappa shape index (κ3) is 3.89. The summed E-state index contributed by atoms with van der Waals surface area (Å²) >= 11 is 1.87. The van der Waals surface area contributed by atoms with E-state index in [1.54, 1.807) is 0 Å². The van der Waals surface area contributed by atoms with E-state index in [-0.39, 0.29) is 12.0 Å². The number of hydrogen-bond acceptors (Lipinski definition) is 3. The van der Waals surface area contributed by atoms with Crippen LogP contribution in [0.25, 0.3) is 0 Å². The standard InChI is InChI=1S/C13H23NOS/c1-4-11-6-7-12(16-11)8-14-9-13(3,5-2)10-15/h6-7,14-15H,4-5,8-10H2,1-3H3. The Labute approximate surface area is 103 Å². The van der Waals surface area contributed by atoms with Crippen molar-refractivity contribution in [2.45, 2.75) is 40.2 Å². The first kappa shape index (κ1) is 13.7. The minimum Gasteiger partial charge on any atom is -0.396 e. The van der Waals surface area contributed by atoms with Crippen LogP contribution < -0.4 is 5.32 Å². The number of rotatable bonds is 7. The number of aliphatic hydroxyl groups excluding tert-OH is 1. The van der Waals surface area contributed by atoms with Gasteiger partial charge in [0.25, 0.3) is 0 Å². The lowest BCUT2D eigenvalue weighted by molar-refractivity contribution is 0.135. The van der Waals surface area contributed by atoms with Gasteiger partial charge in [0.05, 0.1) is 0 Å². The quantitative estimate of drug-likeness (QED) is 0.769. The predicted octanol–water partition coefficient (Wildman–Crippen LogP) is 2.81. The van der Waals surface area contributed by atoms with Crippen molar-refractivity contribution in [1.82, 2.24) is 5.32 Å². The highest BCUT2D eigenvalue weighted by molar-refractivity contribution is 7.11. The van der Waals surface area contributed by atoms with Gasteiger partial charge in [-0.3, -0.25) is 0 Å². The maximum atomic E-state index is 9.29. The lowest BCUT2D eigenvalue weighted by Crippen LogP contribution is -2.33. The van der Waals surface area contributed by atoms with E-state index in [2.05, 4.69) is 38.2 Å². The highest BCUT2D eigenvalue weighted by Gasteiger charge is 2.20. The minimum atomic E-state index is 0.0187. The molecule has 16 heavy (non-hydrogen) atoms. The number of thiophene rings is 1. The van der Waals surface area contributed by atoms with Gasteiger partial charge in [0.2, 0.25) is 0 Å². The summed E-state index contributed by atoms with van der Waals surface area (Å²) in [6.07, 6.45) is 2.12. The van der Waals surface area contributed by atoms with Crippen molar-refractivity contribution in [1.29, 1.82) is 0 Å². The molecule has 0 bridgehead atoms. The van der Waals surface area contributed by atoms with Crippen molar-refractivity contribution in [3.8, 4) is 0 Å². The Hall–Kier alpha value is -0.380. The smallest absolute Gasteiger partial charge is 0.0496 e. The number of hydrogen-bond donors (Lipinski definition) is 2. The molecule has 0 aliphatic rings. The zero-order chi connectivity index (χ0) is 12.0. The summed E-state index contributed by atoms with van der Waals surface area (Å²) in [7, 11) is 0. The molecule has 1 atom stereocenters. The fourth-order valence-electron chi connectivity index (χ4n) is 1.49. The van der Waals surface area contributed by atoms with Crippen molar-refractivity contribution in [3.63, 3.8) is 0 Å². The molecular formula is C13H23NOS. The number of nitrogens with one attached hydrogen (secondary N) is 1. The van der Waals surface area contributed by atoms with Gasteiger partial charge in [0.15, 0.2) is 0 Å². The topological polar surface area (TPSA) is 32.3 Å². The first-order valence-corrected chi connectivity index (χ1v) is 6.84. The van der Waals surface area contributed by atoms with E-state index in [4.69, 9.17) is 0 Å². The van der Waals surface area contributed by atoms with Crippen molar-refractivity contribution in [2.24, 2.45) is 5.41 Å². The molecule has 0 amide bonds. The van der Waals surface area contributed by atoms with Crippen LogP contribution in [0.2, 0.25) is 0 Å². The van der Waals surface area contributed by atoms with Gasteiger partial charge in [-0.15, -0.1) is 11.3 Å². The van der Waals surface area contributed by atoms with Gasteiger partial charge in [0.1, 0.15) is 0 Å². The highest BCUT2D eigenvalue weighted by atomic mass is 32.1. The Morgan fingerprint density at radius 1 is 1.31 bits per heavy atom. The second-order valence-corrected chi connectivity index (χ2v) is 5.90. The Morgan fingerprint density at radius 3 is 2.50 bits per heavy atom. The molecule has 0 spiro atoms. The van der Waals surface area contributed by atoms with E-state index < -0.39 is 0 Å². The van der Waals surface area contributed by atoms with Crippen LogP contribution in [0.15, 0.2) is 12.1 Å². The molecule has 1 rings (SSSR count). The van der Waals surface area contributed by atoms with Gasteiger partial charge in [-0.25, -0.2) is 0 Å². The third-order valence-electron chi connectivity index (χ3n) is 3.15. The summed E-state index contributed by atoms with van der Waals surface area (Å²) in [5, 5.41) is 12.7. The van der Waals surface area contributed by atoms with Gasteiger partial charge in [-0.1, -0.05) is 20.8 Å². The van der Waals surface area contributed by atoms with Crippen LogP contribution in [-0.4, -0.2) is 18.3 Å². The Morgan fingerprint density at radius 2 is 2.00 bits per heavy atom. The van der Waals surface area contributed by atoms with Gasteiger partial charge < -0.3 is 10.4 Å². The molecule has 0 aliphatic carbocycles. The lowest BCUT2D eigenvalue weighted by atomic mass is 9.89. The molecule has 0 saturated carbocycles.